The van der Waals surface area contributed by atoms with Crippen molar-refractivity contribution in [1.82, 2.24) is 9.80 Å². The molecule has 1 spiro atoms. The largest absolute Gasteiger partial charge is 0.377 e. The van der Waals surface area contributed by atoms with Gasteiger partial charge < -0.3 is 19.3 Å². The summed E-state index contributed by atoms with van der Waals surface area (Å²) in [4.78, 5) is 17.8. The van der Waals surface area contributed by atoms with Crippen molar-refractivity contribution in [3.63, 3.8) is 0 Å². The normalized spacial score (nSPS) is 28.0. The first kappa shape index (κ1) is 17.9. The molecule has 2 fully saturated rings. The van der Waals surface area contributed by atoms with Gasteiger partial charge in [0.1, 0.15) is 5.60 Å². The summed E-state index contributed by atoms with van der Waals surface area (Å²) >= 11 is 1.50. The summed E-state index contributed by atoms with van der Waals surface area (Å²) < 4.78 is 12.0. The van der Waals surface area contributed by atoms with Gasteiger partial charge in [-0.15, -0.1) is 11.3 Å². The molecule has 1 aromatic rings. The monoisotopic (exact) mass is 352 g/mol. The summed E-state index contributed by atoms with van der Waals surface area (Å²) in [7, 11) is 2.16. The van der Waals surface area contributed by atoms with Crippen LogP contribution in [0.25, 0.3) is 0 Å². The van der Waals surface area contributed by atoms with E-state index in [2.05, 4.69) is 25.8 Å². The van der Waals surface area contributed by atoms with Crippen molar-refractivity contribution in [2.45, 2.75) is 31.9 Å². The topological polar surface area (TPSA) is 42.0 Å². The third-order valence-corrected chi connectivity index (χ3v) is 5.94. The van der Waals surface area contributed by atoms with Crippen molar-refractivity contribution < 1.29 is 14.3 Å². The van der Waals surface area contributed by atoms with Crippen molar-refractivity contribution in [2.75, 3.05) is 46.5 Å². The average molecular weight is 353 g/mol. The number of amides is 1. The van der Waals surface area contributed by atoms with Crippen LogP contribution in [0.4, 0.5) is 0 Å². The number of carbonyl (C=O) groups is 1. The zero-order valence-electron chi connectivity index (χ0n) is 14.9. The maximum atomic E-state index is 12.7. The van der Waals surface area contributed by atoms with Crippen molar-refractivity contribution in [3.05, 3.63) is 22.4 Å². The third kappa shape index (κ3) is 3.99. The van der Waals surface area contributed by atoms with E-state index in [1.807, 2.05) is 22.4 Å². The Balaban J connectivity index is 1.65. The highest BCUT2D eigenvalue weighted by molar-refractivity contribution is 7.12. The molecule has 0 aromatic carbocycles. The number of rotatable bonds is 4. The second-order valence-corrected chi connectivity index (χ2v) is 8.30. The molecule has 2 saturated heterocycles. The molecule has 3 heterocycles. The van der Waals surface area contributed by atoms with Crippen molar-refractivity contribution in [1.29, 1.82) is 0 Å². The van der Waals surface area contributed by atoms with Gasteiger partial charge in [0.05, 0.1) is 31.2 Å². The second-order valence-electron chi connectivity index (χ2n) is 7.35. The van der Waals surface area contributed by atoms with E-state index in [4.69, 9.17) is 9.47 Å². The van der Waals surface area contributed by atoms with Crippen molar-refractivity contribution in [3.8, 4) is 0 Å². The minimum absolute atomic E-state index is 0.0984. The van der Waals surface area contributed by atoms with Crippen LogP contribution in [0, 0.1) is 5.92 Å². The minimum atomic E-state index is -0.341. The predicted molar refractivity (Wildman–Crippen MR) is 95.6 cm³/mol. The van der Waals surface area contributed by atoms with E-state index in [9.17, 15) is 4.79 Å². The Morgan fingerprint density at radius 3 is 3.08 bits per heavy atom. The number of ether oxygens (including phenoxy) is 2. The van der Waals surface area contributed by atoms with Gasteiger partial charge in [0.2, 0.25) is 0 Å². The molecular weight excluding hydrogens is 324 g/mol. The molecule has 1 amide bonds. The lowest BCUT2D eigenvalue weighted by Gasteiger charge is -2.31. The molecule has 0 aliphatic carbocycles. The molecule has 3 rings (SSSR count). The highest BCUT2D eigenvalue weighted by Gasteiger charge is 2.44. The van der Waals surface area contributed by atoms with Crippen LogP contribution in [0.5, 0.6) is 0 Å². The molecule has 2 atom stereocenters. The minimum Gasteiger partial charge on any atom is -0.377 e. The van der Waals surface area contributed by atoms with E-state index in [1.165, 1.54) is 11.3 Å². The molecule has 2 aliphatic heterocycles. The predicted octanol–water partition coefficient (Wildman–Crippen LogP) is 2.34. The molecule has 24 heavy (non-hydrogen) atoms. The van der Waals surface area contributed by atoms with E-state index in [-0.39, 0.29) is 11.5 Å². The van der Waals surface area contributed by atoms with Gasteiger partial charge in [-0.3, -0.25) is 4.79 Å². The van der Waals surface area contributed by atoms with Gasteiger partial charge in [0.25, 0.3) is 5.91 Å². The third-order valence-electron chi connectivity index (χ3n) is 5.08. The van der Waals surface area contributed by atoms with Crippen molar-refractivity contribution >= 4 is 17.2 Å². The lowest BCUT2D eigenvalue weighted by molar-refractivity contribution is -0.0539. The Morgan fingerprint density at radius 2 is 2.38 bits per heavy atom. The molecule has 6 heteroatoms. The van der Waals surface area contributed by atoms with Crippen LogP contribution >= 0.6 is 11.3 Å². The molecule has 2 aliphatic rings. The van der Waals surface area contributed by atoms with Crippen LogP contribution in [0.3, 0.4) is 0 Å². The summed E-state index contributed by atoms with van der Waals surface area (Å²) in [5.41, 5.74) is -0.341. The molecular formula is C18H28N2O3S. The standard InChI is InChI=1S/C18H28N2O3S/c1-14(2)19(3)10-15-9-18(23-11-15)12-20(6-7-22-13-18)17(21)16-5-4-8-24-16/h4-5,8,14-15H,6-7,9-13H2,1-3H3. The van der Waals surface area contributed by atoms with Gasteiger partial charge in [-0.2, -0.15) is 0 Å². The SMILES string of the molecule is CC(C)N(C)CC1COC2(COCCN(C(=O)c3cccs3)C2)C1. The van der Waals surface area contributed by atoms with Gasteiger partial charge in [0.15, 0.2) is 0 Å². The first-order valence-electron chi connectivity index (χ1n) is 8.74. The number of thiophene rings is 1. The quantitative estimate of drug-likeness (QED) is 0.834. The molecule has 0 bridgehead atoms. The number of carbonyl (C=O) groups excluding carboxylic acids is 1. The molecule has 1 aromatic heterocycles. The number of nitrogens with zero attached hydrogens (tertiary/aromatic N) is 2. The second kappa shape index (κ2) is 7.52. The fraction of sp³-hybridized carbons (Fsp3) is 0.722. The summed E-state index contributed by atoms with van der Waals surface area (Å²) in [5.74, 6) is 0.596. The first-order valence-corrected chi connectivity index (χ1v) is 9.62. The van der Waals surface area contributed by atoms with E-state index in [1.54, 1.807) is 0 Å². The molecule has 0 radical (unpaired) electrons. The van der Waals surface area contributed by atoms with Gasteiger partial charge in [0, 0.05) is 19.1 Å². The Labute approximate surface area is 148 Å². The van der Waals surface area contributed by atoms with E-state index in [0.29, 0.717) is 38.3 Å². The zero-order chi connectivity index (χ0) is 17.2. The van der Waals surface area contributed by atoms with Crippen LogP contribution in [0.15, 0.2) is 17.5 Å². The van der Waals surface area contributed by atoms with Crippen LogP contribution in [-0.2, 0) is 9.47 Å². The number of hydrogen-bond acceptors (Lipinski definition) is 5. The van der Waals surface area contributed by atoms with E-state index in [0.717, 1.165) is 24.4 Å². The van der Waals surface area contributed by atoms with E-state index >= 15 is 0 Å². The molecule has 134 valence electrons. The highest BCUT2D eigenvalue weighted by Crippen LogP contribution is 2.33. The van der Waals surface area contributed by atoms with Crippen LogP contribution in [0.1, 0.15) is 29.9 Å². The molecule has 2 unspecified atom stereocenters. The van der Waals surface area contributed by atoms with E-state index < -0.39 is 0 Å². The molecule has 0 saturated carbocycles. The van der Waals surface area contributed by atoms with Gasteiger partial charge >= 0.3 is 0 Å². The summed E-state index contributed by atoms with van der Waals surface area (Å²) in [6, 6.07) is 4.34. The summed E-state index contributed by atoms with van der Waals surface area (Å²) in [6.45, 7) is 8.63. The maximum absolute atomic E-state index is 12.7. The Kier molecular flexibility index (Phi) is 5.59. The Hall–Kier alpha value is -0.950. The van der Waals surface area contributed by atoms with Crippen LogP contribution < -0.4 is 0 Å². The summed E-state index contributed by atoms with van der Waals surface area (Å²) in [5, 5.41) is 1.95. The van der Waals surface area contributed by atoms with Crippen LogP contribution in [-0.4, -0.2) is 73.9 Å². The highest BCUT2D eigenvalue weighted by atomic mass is 32.1. The zero-order valence-corrected chi connectivity index (χ0v) is 15.7. The molecule has 0 N–H and O–H groups in total. The fourth-order valence-electron chi connectivity index (χ4n) is 3.52. The Bertz CT molecular complexity index is 548. The average Bonchev–Trinajstić information content (AvgIpc) is 3.15. The van der Waals surface area contributed by atoms with Gasteiger partial charge in [-0.1, -0.05) is 6.07 Å². The van der Waals surface area contributed by atoms with Crippen molar-refractivity contribution in [2.24, 2.45) is 5.92 Å². The number of hydrogen-bond donors (Lipinski definition) is 0. The maximum Gasteiger partial charge on any atom is 0.264 e. The smallest absolute Gasteiger partial charge is 0.264 e. The lowest BCUT2D eigenvalue weighted by atomic mass is 9.93. The first-order chi connectivity index (χ1) is 11.5. The fourth-order valence-corrected chi connectivity index (χ4v) is 4.21. The summed E-state index contributed by atoms with van der Waals surface area (Å²) in [6.07, 6.45) is 0.957. The molecule has 5 nitrogen and oxygen atoms in total. The van der Waals surface area contributed by atoms with Gasteiger partial charge in [-0.05, 0) is 44.7 Å². The Morgan fingerprint density at radius 1 is 1.54 bits per heavy atom. The van der Waals surface area contributed by atoms with Crippen LogP contribution in [0.2, 0.25) is 0 Å². The van der Waals surface area contributed by atoms with Gasteiger partial charge in [-0.25, -0.2) is 0 Å². The lowest BCUT2D eigenvalue weighted by Crippen LogP contribution is -2.46.